The lowest BCUT2D eigenvalue weighted by Crippen LogP contribution is -2.32. The second kappa shape index (κ2) is 8.54. The van der Waals surface area contributed by atoms with Crippen molar-refractivity contribution in [2.75, 3.05) is 11.9 Å². The van der Waals surface area contributed by atoms with E-state index in [1.807, 2.05) is 0 Å². The number of alkyl halides is 1. The predicted octanol–water partition coefficient (Wildman–Crippen LogP) is 1.07. The first-order valence-electron chi connectivity index (χ1n) is 8.83. The van der Waals surface area contributed by atoms with Crippen LogP contribution in [0, 0.1) is 0 Å². The van der Waals surface area contributed by atoms with Crippen LogP contribution in [0.3, 0.4) is 0 Å². The normalized spacial score (nSPS) is 24.8. The Morgan fingerprint density at radius 1 is 1.30 bits per heavy atom. The lowest BCUT2D eigenvalue weighted by atomic mass is 10.1. The van der Waals surface area contributed by atoms with Crippen LogP contribution in [-0.4, -0.2) is 60.4 Å². The summed E-state index contributed by atoms with van der Waals surface area (Å²) in [5, 5.41) is 12.0. The van der Waals surface area contributed by atoms with Gasteiger partial charge in [0.15, 0.2) is 29.4 Å². The smallest absolute Gasteiger partial charge is 0.317 e. The van der Waals surface area contributed by atoms with Crippen molar-refractivity contribution in [1.82, 2.24) is 19.5 Å². The summed E-state index contributed by atoms with van der Waals surface area (Å²) in [6.45, 7) is -0.614. The molecule has 13 heteroatoms. The molecule has 2 unspecified atom stereocenters. The van der Waals surface area contributed by atoms with Crippen molar-refractivity contribution < 1.29 is 33.0 Å². The molecule has 1 aliphatic rings. The summed E-state index contributed by atoms with van der Waals surface area (Å²) < 4.78 is 37.4. The Hall–Kier alpha value is -2.76. The van der Waals surface area contributed by atoms with Gasteiger partial charge in [0.05, 0.1) is 12.9 Å². The zero-order valence-electron chi connectivity index (χ0n) is 15.3. The fourth-order valence-corrected chi connectivity index (χ4v) is 3.74. The van der Waals surface area contributed by atoms with E-state index in [9.17, 15) is 18.9 Å². The molecular formula is C17H17FN5O6P. The largest absolute Gasteiger partial charge is 0.394 e. The molecule has 1 amide bonds. The summed E-state index contributed by atoms with van der Waals surface area (Å²) >= 11 is 0. The number of fused-ring (bicyclic) bond motifs is 1. The van der Waals surface area contributed by atoms with Crippen LogP contribution in [0.15, 0.2) is 43.0 Å². The van der Waals surface area contributed by atoms with Gasteiger partial charge in [-0.1, -0.05) is 18.2 Å². The molecule has 11 nitrogen and oxygen atoms in total. The van der Waals surface area contributed by atoms with Gasteiger partial charge in [0.1, 0.15) is 18.5 Å². The molecule has 158 valence electrons. The predicted molar refractivity (Wildman–Crippen MR) is 102 cm³/mol. The number of nitrogens with zero attached hydrogens (tertiary/aromatic N) is 4. The van der Waals surface area contributed by atoms with E-state index in [1.165, 1.54) is 17.2 Å². The van der Waals surface area contributed by atoms with Crippen LogP contribution >= 0.6 is 8.25 Å². The van der Waals surface area contributed by atoms with Gasteiger partial charge in [-0.15, -0.1) is 0 Å². The Kier molecular flexibility index (Phi) is 5.84. The first-order valence-corrected chi connectivity index (χ1v) is 10.1. The monoisotopic (exact) mass is 437 g/mol. The number of halogens is 1. The zero-order chi connectivity index (χ0) is 21.3. The molecule has 0 radical (unpaired) electrons. The number of imidazole rings is 1. The Balaban J connectivity index is 1.63. The first-order chi connectivity index (χ1) is 14.5. The van der Waals surface area contributed by atoms with Gasteiger partial charge < -0.3 is 24.6 Å². The molecule has 2 aromatic heterocycles. The number of amides is 1. The summed E-state index contributed by atoms with van der Waals surface area (Å²) in [6.07, 6.45) is -3.36. The Bertz CT molecular complexity index is 1080. The fraction of sp³-hybridized carbons (Fsp3) is 0.294. The topological polar surface area (TPSA) is 149 Å². The van der Waals surface area contributed by atoms with Crippen LogP contribution in [0.5, 0.6) is 0 Å². The summed E-state index contributed by atoms with van der Waals surface area (Å²) in [4.78, 5) is 33.7. The number of anilines is 1. The molecule has 1 saturated heterocycles. The molecule has 0 bridgehead atoms. The number of ether oxygens (including phenoxy) is 1. The maximum Gasteiger partial charge on any atom is 0.317 e. The molecule has 3 aromatic rings. The summed E-state index contributed by atoms with van der Waals surface area (Å²) in [5.41, 5.74) is 0.768. The molecule has 3 heterocycles. The van der Waals surface area contributed by atoms with E-state index in [4.69, 9.17) is 14.2 Å². The minimum Gasteiger partial charge on any atom is -0.394 e. The number of rotatable bonds is 6. The van der Waals surface area contributed by atoms with E-state index in [0.717, 1.165) is 0 Å². The van der Waals surface area contributed by atoms with Gasteiger partial charge in [-0.3, -0.25) is 13.9 Å². The molecule has 0 spiro atoms. The number of carbonyl (C=O) groups excluding carboxylic acids is 1. The zero-order valence-corrected chi connectivity index (χ0v) is 16.3. The number of nitrogens with one attached hydrogen (secondary N) is 1. The number of aliphatic hydroxyl groups excluding tert-OH is 1. The van der Waals surface area contributed by atoms with Crippen molar-refractivity contribution in [1.29, 1.82) is 0 Å². The quantitative estimate of drug-likeness (QED) is 0.482. The number of hydrogen-bond donors (Lipinski definition) is 3. The third kappa shape index (κ3) is 3.83. The average Bonchev–Trinajstić information content (AvgIpc) is 3.30. The van der Waals surface area contributed by atoms with E-state index >= 15 is 0 Å². The lowest BCUT2D eigenvalue weighted by molar-refractivity contribution is -0.0436. The molecule has 5 atom stereocenters. The summed E-state index contributed by atoms with van der Waals surface area (Å²) in [5.74, 6) is -0.291. The van der Waals surface area contributed by atoms with Gasteiger partial charge >= 0.3 is 8.25 Å². The third-order valence-electron chi connectivity index (χ3n) is 4.58. The van der Waals surface area contributed by atoms with E-state index in [2.05, 4.69) is 20.3 Å². The second-order valence-electron chi connectivity index (χ2n) is 6.41. The van der Waals surface area contributed by atoms with Gasteiger partial charge in [0, 0.05) is 5.56 Å². The molecule has 4 rings (SSSR count). The summed E-state index contributed by atoms with van der Waals surface area (Å²) in [6, 6.07) is 8.48. The number of aliphatic hydroxyl groups is 1. The Morgan fingerprint density at radius 3 is 2.77 bits per heavy atom. The van der Waals surface area contributed by atoms with Crippen LogP contribution in [-0.2, 0) is 13.8 Å². The number of benzene rings is 1. The van der Waals surface area contributed by atoms with Crippen LogP contribution in [0.25, 0.3) is 11.2 Å². The molecule has 3 N–H and O–H groups in total. The molecule has 0 saturated carbocycles. The van der Waals surface area contributed by atoms with E-state index in [1.54, 1.807) is 30.3 Å². The van der Waals surface area contributed by atoms with E-state index in [0.29, 0.717) is 5.56 Å². The Labute approximate surface area is 169 Å². The van der Waals surface area contributed by atoms with Crippen LogP contribution in [0.1, 0.15) is 16.6 Å². The van der Waals surface area contributed by atoms with E-state index in [-0.39, 0.29) is 17.0 Å². The molecule has 1 fully saturated rings. The van der Waals surface area contributed by atoms with Gasteiger partial charge in [0.25, 0.3) is 5.91 Å². The lowest BCUT2D eigenvalue weighted by Gasteiger charge is -2.16. The highest BCUT2D eigenvalue weighted by Gasteiger charge is 2.48. The highest BCUT2D eigenvalue weighted by Crippen LogP contribution is 2.38. The maximum absolute atomic E-state index is 14.9. The SMILES string of the molecule is O=C(Nc1ncnc2c1ncn2C1O[C@H](CO)[C@@H](O[PH](=O)O)[C@H]1F)c1ccccc1. The van der Waals surface area contributed by atoms with Crippen molar-refractivity contribution in [3.8, 4) is 0 Å². The van der Waals surface area contributed by atoms with Crippen molar-refractivity contribution in [2.24, 2.45) is 0 Å². The van der Waals surface area contributed by atoms with Crippen molar-refractivity contribution in [2.45, 2.75) is 24.6 Å². The fourth-order valence-electron chi connectivity index (χ4n) is 3.22. The number of carbonyl (C=O) groups is 1. The minimum atomic E-state index is -3.45. The highest BCUT2D eigenvalue weighted by atomic mass is 31.1. The van der Waals surface area contributed by atoms with Crippen LogP contribution in [0.4, 0.5) is 10.2 Å². The van der Waals surface area contributed by atoms with Crippen molar-refractivity contribution >= 4 is 31.1 Å². The second-order valence-corrected chi connectivity index (χ2v) is 7.17. The van der Waals surface area contributed by atoms with Gasteiger partial charge in [-0.25, -0.2) is 19.3 Å². The van der Waals surface area contributed by atoms with Crippen molar-refractivity contribution in [3.05, 3.63) is 48.5 Å². The molecule has 0 aliphatic carbocycles. The van der Waals surface area contributed by atoms with Crippen LogP contribution < -0.4 is 5.32 Å². The number of hydrogen-bond acceptors (Lipinski definition) is 8. The standard InChI is InChI=1S/C17H17FN5O6P/c18-11-13(29-30(26)27)10(6-24)28-17(11)23-8-21-12-14(19-7-20-15(12)23)22-16(25)9-4-2-1-3-5-9/h1-5,7-8,10-11,13,17,24,30H,6H2,(H,26,27)(H,19,20,22,25)/t10-,11-,13-,17?/m1/s1. The Morgan fingerprint density at radius 2 is 2.07 bits per heavy atom. The molecule has 30 heavy (non-hydrogen) atoms. The highest BCUT2D eigenvalue weighted by molar-refractivity contribution is 7.32. The van der Waals surface area contributed by atoms with Gasteiger partial charge in [0.2, 0.25) is 0 Å². The van der Waals surface area contributed by atoms with Crippen molar-refractivity contribution in [3.63, 3.8) is 0 Å². The average molecular weight is 437 g/mol. The van der Waals surface area contributed by atoms with Gasteiger partial charge in [-0.2, -0.15) is 0 Å². The van der Waals surface area contributed by atoms with Gasteiger partial charge in [-0.05, 0) is 12.1 Å². The first kappa shape index (κ1) is 20.5. The maximum atomic E-state index is 14.9. The molecule has 1 aromatic carbocycles. The summed E-state index contributed by atoms with van der Waals surface area (Å²) in [7, 11) is -3.45. The third-order valence-corrected chi connectivity index (χ3v) is 5.06. The molecule has 1 aliphatic heterocycles. The molecular weight excluding hydrogens is 420 g/mol. The number of aromatic nitrogens is 4. The minimum absolute atomic E-state index is 0.118. The van der Waals surface area contributed by atoms with E-state index < -0.39 is 45.4 Å². The van der Waals surface area contributed by atoms with Crippen LogP contribution in [0.2, 0.25) is 0 Å².